The fourth-order valence-corrected chi connectivity index (χ4v) is 3.14. The van der Waals surface area contributed by atoms with Crippen molar-refractivity contribution in [1.82, 2.24) is 24.6 Å². The van der Waals surface area contributed by atoms with Crippen molar-refractivity contribution in [2.45, 2.75) is 24.8 Å². The Morgan fingerprint density at radius 1 is 1.12 bits per heavy atom. The van der Waals surface area contributed by atoms with Gasteiger partial charge >= 0.3 is 0 Å². The molecule has 0 aliphatic heterocycles. The molecule has 6 nitrogen and oxygen atoms in total. The first-order valence-corrected chi connectivity index (χ1v) is 8.61. The summed E-state index contributed by atoms with van der Waals surface area (Å²) < 4.78 is 20.2. The molecule has 0 amide bonds. The molecule has 1 aromatic carbocycles. The summed E-state index contributed by atoms with van der Waals surface area (Å²) >= 11 is 1.46. The molecule has 0 saturated carbocycles. The van der Waals surface area contributed by atoms with E-state index in [-0.39, 0.29) is 5.82 Å². The van der Waals surface area contributed by atoms with Crippen molar-refractivity contribution < 1.29 is 8.81 Å². The Hall–Kier alpha value is -2.74. The second-order valence-electron chi connectivity index (χ2n) is 5.58. The normalized spacial score (nSPS) is 11.3. The minimum Gasteiger partial charge on any atom is -0.444 e. The molecule has 4 rings (SSSR count). The maximum absolute atomic E-state index is 13.0. The van der Waals surface area contributed by atoms with Gasteiger partial charge in [-0.05, 0) is 44.2 Å². The van der Waals surface area contributed by atoms with Crippen LogP contribution in [0.1, 0.15) is 17.1 Å². The lowest BCUT2D eigenvalue weighted by Gasteiger charge is -1.97. The van der Waals surface area contributed by atoms with Gasteiger partial charge in [0.25, 0.3) is 5.78 Å². The molecule has 0 unspecified atom stereocenters. The van der Waals surface area contributed by atoms with Gasteiger partial charge in [0, 0.05) is 22.7 Å². The topological polar surface area (TPSA) is 69.1 Å². The molecule has 0 atom stereocenters. The second-order valence-corrected chi connectivity index (χ2v) is 6.53. The monoisotopic (exact) mass is 355 g/mol. The lowest BCUT2D eigenvalue weighted by atomic mass is 10.2. The van der Waals surface area contributed by atoms with Crippen molar-refractivity contribution in [3.8, 4) is 11.5 Å². The van der Waals surface area contributed by atoms with E-state index in [0.717, 1.165) is 22.6 Å². The highest BCUT2D eigenvalue weighted by molar-refractivity contribution is 7.98. The van der Waals surface area contributed by atoms with E-state index in [1.807, 2.05) is 19.9 Å². The summed E-state index contributed by atoms with van der Waals surface area (Å²) in [4.78, 5) is 13.2. The average Bonchev–Trinajstić information content (AvgIpc) is 3.20. The van der Waals surface area contributed by atoms with Crippen molar-refractivity contribution in [3.63, 3.8) is 0 Å². The van der Waals surface area contributed by atoms with E-state index in [9.17, 15) is 4.39 Å². The van der Waals surface area contributed by atoms with Gasteiger partial charge in [-0.25, -0.2) is 18.9 Å². The third kappa shape index (κ3) is 3.25. The second kappa shape index (κ2) is 6.29. The maximum atomic E-state index is 13.0. The highest BCUT2D eigenvalue weighted by Crippen LogP contribution is 2.23. The minimum atomic E-state index is -0.289. The molecule has 126 valence electrons. The number of nitrogens with zero attached hydrogens (tertiary/aromatic N) is 5. The van der Waals surface area contributed by atoms with Crippen LogP contribution in [0.2, 0.25) is 0 Å². The van der Waals surface area contributed by atoms with Crippen molar-refractivity contribution in [2.24, 2.45) is 0 Å². The number of rotatable bonds is 4. The Morgan fingerprint density at radius 2 is 1.92 bits per heavy atom. The number of aromatic nitrogens is 5. The summed E-state index contributed by atoms with van der Waals surface area (Å²) in [7, 11) is 0. The molecule has 3 heterocycles. The summed E-state index contributed by atoms with van der Waals surface area (Å²) in [6.45, 7) is 3.90. The zero-order valence-electron chi connectivity index (χ0n) is 13.6. The van der Waals surface area contributed by atoms with Gasteiger partial charge < -0.3 is 4.42 Å². The van der Waals surface area contributed by atoms with E-state index in [1.54, 1.807) is 22.9 Å². The highest BCUT2D eigenvalue weighted by Gasteiger charge is 2.11. The number of oxazole rings is 1. The van der Waals surface area contributed by atoms with Crippen LogP contribution in [0.5, 0.6) is 0 Å². The highest BCUT2D eigenvalue weighted by atomic mass is 32.2. The summed E-state index contributed by atoms with van der Waals surface area (Å²) in [6, 6.07) is 8.00. The van der Waals surface area contributed by atoms with Crippen LogP contribution in [0.4, 0.5) is 4.39 Å². The largest absolute Gasteiger partial charge is 0.444 e. The number of halogens is 1. The molecular formula is C17H14FN5OS. The maximum Gasteiger partial charge on any atom is 0.253 e. The molecule has 0 spiro atoms. The number of aryl methyl sites for hydroxylation is 2. The zero-order chi connectivity index (χ0) is 17.4. The van der Waals surface area contributed by atoms with Crippen LogP contribution in [0, 0.1) is 19.7 Å². The third-order valence-electron chi connectivity index (χ3n) is 3.59. The van der Waals surface area contributed by atoms with Crippen LogP contribution in [0.15, 0.2) is 46.2 Å². The van der Waals surface area contributed by atoms with Crippen LogP contribution in [-0.4, -0.2) is 24.6 Å². The van der Waals surface area contributed by atoms with Crippen molar-refractivity contribution in [1.29, 1.82) is 0 Å². The van der Waals surface area contributed by atoms with Gasteiger partial charge in [0.15, 0.2) is 0 Å². The van der Waals surface area contributed by atoms with Crippen LogP contribution in [0.25, 0.3) is 17.2 Å². The van der Waals surface area contributed by atoms with E-state index in [2.05, 4.69) is 20.1 Å². The van der Waals surface area contributed by atoms with Gasteiger partial charge in [-0.15, -0.1) is 5.10 Å². The number of hydrogen-bond acceptors (Lipinski definition) is 6. The Labute approximate surface area is 147 Å². The quantitative estimate of drug-likeness (QED) is 0.518. The Morgan fingerprint density at radius 3 is 2.72 bits per heavy atom. The lowest BCUT2D eigenvalue weighted by molar-refractivity contribution is 0.573. The van der Waals surface area contributed by atoms with Gasteiger partial charge in [-0.2, -0.15) is 4.98 Å². The first-order chi connectivity index (χ1) is 12.1. The molecule has 0 bridgehead atoms. The number of hydrogen-bond donors (Lipinski definition) is 0. The Balaban J connectivity index is 1.50. The first-order valence-electron chi connectivity index (χ1n) is 7.63. The predicted molar refractivity (Wildman–Crippen MR) is 91.7 cm³/mol. The van der Waals surface area contributed by atoms with Gasteiger partial charge in [0.2, 0.25) is 11.0 Å². The fraction of sp³-hybridized carbons (Fsp3) is 0.176. The van der Waals surface area contributed by atoms with Gasteiger partial charge in [0.05, 0.1) is 5.69 Å². The number of fused-ring (bicyclic) bond motifs is 1. The van der Waals surface area contributed by atoms with Gasteiger partial charge in [-0.1, -0.05) is 11.8 Å². The SMILES string of the molecule is Cc1cc(C)n2nc(SCc3coc(-c4ccc(F)cc4)n3)nc2n1. The smallest absolute Gasteiger partial charge is 0.253 e. The van der Waals surface area contributed by atoms with Gasteiger partial charge in [0.1, 0.15) is 12.1 Å². The van der Waals surface area contributed by atoms with Crippen molar-refractivity contribution in [3.05, 3.63) is 59.5 Å². The molecule has 3 aromatic heterocycles. The summed E-state index contributed by atoms with van der Waals surface area (Å²) in [5.41, 5.74) is 3.40. The molecule has 0 aliphatic carbocycles. The van der Waals surface area contributed by atoms with Crippen molar-refractivity contribution in [2.75, 3.05) is 0 Å². The van der Waals surface area contributed by atoms with Crippen LogP contribution >= 0.6 is 11.8 Å². The summed E-state index contributed by atoms with van der Waals surface area (Å²) in [5.74, 6) is 1.33. The van der Waals surface area contributed by atoms with E-state index in [0.29, 0.717) is 22.6 Å². The molecule has 0 saturated heterocycles. The Kier molecular flexibility index (Phi) is 3.96. The number of thioether (sulfide) groups is 1. The zero-order valence-corrected chi connectivity index (χ0v) is 14.4. The summed E-state index contributed by atoms with van der Waals surface area (Å²) in [6.07, 6.45) is 1.59. The predicted octanol–water partition coefficient (Wildman–Crippen LogP) is 3.83. The molecule has 8 heteroatoms. The van der Waals surface area contributed by atoms with Crippen LogP contribution < -0.4 is 0 Å². The minimum absolute atomic E-state index is 0.289. The molecule has 0 aliphatic rings. The standard InChI is InChI=1S/C17H14FN5OS/c1-10-7-11(2)23-16(19-10)21-17(22-23)25-9-14-8-24-15(20-14)12-3-5-13(18)6-4-12/h3-8H,9H2,1-2H3. The third-order valence-corrected chi connectivity index (χ3v) is 4.46. The van der Waals surface area contributed by atoms with E-state index in [4.69, 9.17) is 4.42 Å². The molecular weight excluding hydrogens is 341 g/mol. The molecule has 0 radical (unpaired) electrons. The van der Waals surface area contributed by atoms with E-state index >= 15 is 0 Å². The van der Waals surface area contributed by atoms with E-state index in [1.165, 1.54) is 23.9 Å². The van der Waals surface area contributed by atoms with Gasteiger partial charge in [-0.3, -0.25) is 0 Å². The lowest BCUT2D eigenvalue weighted by Crippen LogP contribution is -1.97. The molecule has 0 fully saturated rings. The average molecular weight is 355 g/mol. The Bertz CT molecular complexity index is 1040. The van der Waals surface area contributed by atoms with E-state index < -0.39 is 0 Å². The first kappa shape index (κ1) is 15.8. The molecule has 25 heavy (non-hydrogen) atoms. The number of benzene rings is 1. The van der Waals surface area contributed by atoms with Crippen molar-refractivity contribution >= 4 is 17.5 Å². The van der Waals surface area contributed by atoms with Crippen LogP contribution in [-0.2, 0) is 5.75 Å². The summed E-state index contributed by atoms with van der Waals surface area (Å²) in [5, 5.41) is 5.08. The molecule has 0 N–H and O–H groups in total. The fourth-order valence-electron chi connectivity index (χ4n) is 2.45. The molecule has 4 aromatic rings. The van der Waals surface area contributed by atoms with Crippen LogP contribution in [0.3, 0.4) is 0 Å².